The summed E-state index contributed by atoms with van der Waals surface area (Å²) in [6.45, 7) is 5.41. The minimum atomic E-state index is 0.515. The first kappa shape index (κ1) is 22.9. The monoisotopic (exact) mass is 480 g/mol. The molecule has 0 aliphatic carbocycles. The Balaban J connectivity index is 1.23. The highest BCUT2D eigenvalue weighted by Gasteiger charge is 2.09. The molecule has 1 heterocycles. The molecule has 1 aromatic heterocycles. The van der Waals surface area contributed by atoms with Crippen molar-refractivity contribution < 1.29 is 9.47 Å². The molecule has 0 aliphatic rings. The summed E-state index contributed by atoms with van der Waals surface area (Å²) in [5.74, 6) is 1.48. The second-order valence-corrected chi connectivity index (χ2v) is 9.65. The Kier molecular flexibility index (Phi) is 6.68. The third kappa shape index (κ3) is 5.31. The molecule has 0 unspecified atom stereocenters. The number of anilines is 1. The van der Waals surface area contributed by atoms with Crippen LogP contribution in [0.3, 0.4) is 0 Å². The molecule has 5 rings (SSSR count). The minimum Gasteiger partial charge on any atom is -0.493 e. The van der Waals surface area contributed by atoms with Crippen LogP contribution in [0.15, 0.2) is 84.9 Å². The van der Waals surface area contributed by atoms with Crippen molar-refractivity contribution in [2.75, 3.05) is 12.4 Å². The first-order valence-corrected chi connectivity index (χ1v) is 12.5. The molecule has 4 aromatic carbocycles. The highest BCUT2D eigenvalue weighted by atomic mass is 32.1. The topological polar surface area (TPSA) is 43.4 Å². The van der Waals surface area contributed by atoms with E-state index in [1.54, 1.807) is 18.4 Å². The smallest absolute Gasteiger partial charge is 0.161 e. The van der Waals surface area contributed by atoms with Gasteiger partial charge in [0.1, 0.15) is 11.6 Å². The van der Waals surface area contributed by atoms with E-state index in [0.29, 0.717) is 13.2 Å². The van der Waals surface area contributed by atoms with Crippen molar-refractivity contribution in [1.82, 2.24) is 4.98 Å². The van der Waals surface area contributed by atoms with E-state index in [-0.39, 0.29) is 0 Å². The minimum absolute atomic E-state index is 0.515. The number of benzene rings is 4. The standard InChI is InChI=1S/C30H28N2O2S/c1-20-8-14-26-29(16-20)35-30(32-26)23-10-12-25(13-11-23)31-18-22-9-15-27(28(17-22)33-3)34-19-24-7-5-4-6-21(24)2/h4-17,31H,18-19H2,1-3H3. The van der Waals surface area contributed by atoms with Crippen LogP contribution in [0.5, 0.6) is 11.5 Å². The van der Waals surface area contributed by atoms with Crippen LogP contribution in [-0.2, 0) is 13.2 Å². The van der Waals surface area contributed by atoms with E-state index in [4.69, 9.17) is 14.5 Å². The molecule has 0 spiro atoms. The van der Waals surface area contributed by atoms with Crippen molar-refractivity contribution in [2.45, 2.75) is 27.0 Å². The normalized spacial score (nSPS) is 10.9. The van der Waals surface area contributed by atoms with E-state index in [0.717, 1.165) is 38.8 Å². The van der Waals surface area contributed by atoms with Crippen LogP contribution < -0.4 is 14.8 Å². The maximum atomic E-state index is 6.05. The van der Waals surface area contributed by atoms with Crippen molar-refractivity contribution >= 4 is 27.2 Å². The Morgan fingerprint density at radius 2 is 1.69 bits per heavy atom. The molecule has 5 heteroatoms. The molecule has 0 atom stereocenters. The van der Waals surface area contributed by atoms with Crippen molar-refractivity contribution in [3.8, 4) is 22.1 Å². The van der Waals surface area contributed by atoms with Crippen molar-refractivity contribution in [1.29, 1.82) is 0 Å². The molecular weight excluding hydrogens is 452 g/mol. The Bertz CT molecular complexity index is 1460. The van der Waals surface area contributed by atoms with Crippen LogP contribution in [0.2, 0.25) is 0 Å². The van der Waals surface area contributed by atoms with E-state index in [1.165, 1.54) is 21.4 Å². The first-order chi connectivity index (χ1) is 17.1. The molecule has 4 nitrogen and oxygen atoms in total. The molecule has 5 aromatic rings. The predicted octanol–water partition coefficient (Wildman–Crippen LogP) is 7.78. The van der Waals surface area contributed by atoms with Gasteiger partial charge in [-0.2, -0.15) is 0 Å². The second kappa shape index (κ2) is 10.2. The van der Waals surface area contributed by atoms with Gasteiger partial charge in [-0.3, -0.25) is 0 Å². The van der Waals surface area contributed by atoms with Gasteiger partial charge >= 0.3 is 0 Å². The van der Waals surface area contributed by atoms with Crippen LogP contribution in [0.1, 0.15) is 22.3 Å². The summed E-state index contributed by atoms with van der Waals surface area (Å²) in [5.41, 5.74) is 8.01. The first-order valence-electron chi connectivity index (χ1n) is 11.6. The number of aromatic nitrogens is 1. The highest BCUT2D eigenvalue weighted by Crippen LogP contribution is 2.32. The van der Waals surface area contributed by atoms with E-state index < -0.39 is 0 Å². The number of nitrogens with zero attached hydrogens (tertiary/aromatic N) is 1. The average molecular weight is 481 g/mol. The molecule has 0 saturated carbocycles. The van der Waals surface area contributed by atoms with Crippen LogP contribution in [0.25, 0.3) is 20.8 Å². The van der Waals surface area contributed by atoms with Gasteiger partial charge in [0.15, 0.2) is 11.5 Å². The van der Waals surface area contributed by atoms with Gasteiger partial charge in [0, 0.05) is 17.8 Å². The molecule has 0 aliphatic heterocycles. The lowest BCUT2D eigenvalue weighted by atomic mass is 10.1. The third-order valence-corrected chi connectivity index (χ3v) is 7.11. The summed E-state index contributed by atoms with van der Waals surface area (Å²) in [4.78, 5) is 4.79. The summed E-state index contributed by atoms with van der Waals surface area (Å²) in [6.07, 6.45) is 0. The number of ether oxygens (including phenoxy) is 2. The van der Waals surface area contributed by atoms with Crippen LogP contribution in [0, 0.1) is 13.8 Å². The van der Waals surface area contributed by atoms with Crippen LogP contribution in [0.4, 0.5) is 5.69 Å². The van der Waals surface area contributed by atoms with Crippen LogP contribution in [-0.4, -0.2) is 12.1 Å². The zero-order valence-electron chi connectivity index (χ0n) is 20.2. The van der Waals surface area contributed by atoms with Crippen LogP contribution >= 0.6 is 11.3 Å². The summed E-state index contributed by atoms with van der Waals surface area (Å²) < 4.78 is 12.9. The quantitative estimate of drug-likeness (QED) is 0.246. The molecule has 35 heavy (non-hydrogen) atoms. The van der Waals surface area contributed by atoms with Gasteiger partial charge in [-0.15, -0.1) is 11.3 Å². The third-order valence-electron chi connectivity index (χ3n) is 6.04. The number of nitrogens with one attached hydrogen (secondary N) is 1. The molecule has 0 radical (unpaired) electrons. The number of aryl methyl sites for hydroxylation is 2. The predicted molar refractivity (Wildman–Crippen MR) is 146 cm³/mol. The van der Waals surface area contributed by atoms with E-state index in [2.05, 4.69) is 79.8 Å². The van der Waals surface area contributed by atoms with Crippen molar-refractivity contribution in [3.05, 3.63) is 107 Å². The Morgan fingerprint density at radius 1 is 0.857 bits per heavy atom. The van der Waals surface area contributed by atoms with Gasteiger partial charge in [-0.05, 0) is 84.6 Å². The maximum absolute atomic E-state index is 6.05. The number of thiazole rings is 1. The second-order valence-electron chi connectivity index (χ2n) is 8.62. The fourth-order valence-electron chi connectivity index (χ4n) is 3.96. The maximum Gasteiger partial charge on any atom is 0.161 e. The van der Waals surface area contributed by atoms with Crippen molar-refractivity contribution in [2.24, 2.45) is 0 Å². The summed E-state index contributed by atoms with van der Waals surface area (Å²) in [7, 11) is 1.68. The average Bonchev–Trinajstić information content (AvgIpc) is 3.31. The van der Waals surface area contributed by atoms with Crippen molar-refractivity contribution in [3.63, 3.8) is 0 Å². The zero-order chi connectivity index (χ0) is 24.2. The fraction of sp³-hybridized carbons (Fsp3) is 0.167. The van der Waals surface area contributed by atoms with E-state index in [1.807, 2.05) is 24.3 Å². The number of hydrogen-bond donors (Lipinski definition) is 1. The largest absolute Gasteiger partial charge is 0.493 e. The Labute approximate surface area is 210 Å². The van der Waals surface area contributed by atoms with Gasteiger partial charge in [0.2, 0.25) is 0 Å². The molecule has 176 valence electrons. The summed E-state index contributed by atoms with van der Waals surface area (Å²) in [5, 5.41) is 4.54. The summed E-state index contributed by atoms with van der Waals surface area (Å²) >= 11 is 1.73. The number of hydrogen-bond acceptors (Lipinski definition) is 5. The van der Waals surface area contributed by atoms with Gasteiger partial charge in [0.25, 0.3) is 0 Å². The van der Waals surface area contributed by atoms with Gasteiger partial charge in [-0.25, -0.2) is 4.98 Å². The lowest BCUT2D eigenvalue weighted by Crippen LogP contribution is -2.02. The van der Waals surface area contributed by atoms with Gasteiger partial charge in [0.05, 0.1) is 17.3 Å². The highest BCUT2D eigenvalue weighted by molar-refractivity contribution is 7.21. The molecule has 0 amide bonds. The number of fused-ring (bicyclic) bond motifs is 1. The molecular formula is C30H28N2O2S. The number of methoxy groups -OCH3 is 1. The molecule has 1 N–H and O–H groups in total. The zero-order valence-corrected chi connectivity index (χ0v) is 21.0. The van der Waals surface area contributed by atoms with E-state index >= 15 is 0 Å². The SMILES string of the molecule is COc1cc(CNc2ccc(-c3nc4ccc(C)cc4s3)cc2)ccc1OCc1ccccc1C. The lowest BCUT2D eigenvalue weighted by Gasteiger charge is -2.14. The Morgan fingerprint density at radius 3 is 2.49 bits per heavy atom. The fourth-order valence-corrected chi connectivity index (χ4v) is 5.03. The molecule has 0 bridgehead atoms. The van der Waals surface area contributed by atoms with Gasteiger partial charge in [-0.1, -0.05) is 36.4 Å². The molecule has 0 saturated heterocycles. The van der Waals surface area contributed by atoms with Gasteiger partial charge < -0.3 is 14.8 Å². The summed E-state index contributed by atoms with van der Waals surface area (Å²) in [6, 6.07) is 29.2. The lowest BCUT2D eigenvalue weighted by molar-refractivity contribution is 0.283. The molecule has 0 fully saturated rings. The number of rotatable bonds is 8. The van der Waals surface area contributed by atoms with E-state index in [9.17, 15) is 0 Å². The Hall–Kier alpha value is -3.83.